The van der Waals surface area contributed by atoms with E-state index in [-0.39, 0.29) is 11.7 Å². The molecule has 1 aliphatic heterocycles. The third-order valence-electron chi connectivity index (χ3n) is 3.24. The summed E-state index contributed by atoms with van der Waals surface area (Å²) in [6.07, 6.45) is 1.11. The van der Waals surface area contributed by atoms with E-state index in [1.165, 1.54) is 13.8 Å². The number of Topliss-reactive ketones (excluding diaryl/α,β-unsaturated/α-hetero) is 1. The van der Waals surface area contributed by atoms with Crippen molar-refractivity contribution in [1.82, 2.24) is 0 Å². The fraction of sp³-hybridized carbons (Fsp3) is 0.429. The van der Waals surface area contributed by atoms with Crippen LogP contribution in [0.5, 0.6) is 0 Å². The number of carbonyl (C=O) groups excluding carboxylic acids is 2. The smallest absolute Gasteiger partial charge is 0.227 e. The average molecular weight is 247 g/mol. The molecule has 0 bridgehead atoms. The Labute approximate surface area is 106 Å². The summed E-state index contributed by atoms with van der Waals surface area (Å²) >= 11 is 0. The number of fused-ring (bicyclic) bond motifs is 1. The van der Waals surface area contributed by atoms with Gasteiger partial charge in [0.05, 0.1) is 0 Å². The summed E-state index contributed by atoms with van der Waals surface area (Å²) in [6, 6.07) is 5.21. The van der Waals surface area contributed by atoms with Crippen LogP contribution in [0.1, 0.15) is 36.2 Å². The number of aryl methyl sites for hydroxylation is 1. The molecule has 96 valence electrons. The third-order valence-corrected chi connectivity index (χ3v) is 3.24. The van der Waals surface area contributed by atoms with Crippen molar-refractivity contribution in [3.63, 3.8) is 0 Å². The fourth-order valence-corrected chi connectivity index (χ4v) is 2.15. The SMILES string of the molecule is CN1C(=O)CCc2cc(C(=O)C(C)(C)O)ccc21. The van der Waals surface area contributed by atoms with Crippen LogP contribution in [0.4, 0.5) is 5.69 Å². The van der Waals surface area contributed by atoms with Crippen molar-refractivity contribution < 1.29 is 14.7 Å². The minimum atomic E-state index is -1.37. The van der Waals surface area contributed by atoms with Crippen LogP contribution < -0.4 is 4.90 Å². The Balaban J connectivity index is 2.40. The van der Waals surface area contributed by atoms with Crippen molar-refractivity contribution in [1.29, 1.82) is 0 Å². The van der Waals surface area contributed by atoms with Crippen LogP contribution in [-0.4, -0.2) is 29.4 Å². The summed E-state index contributed by atoms with van der Waals surface area (Å²) in [6.45, 7) is 2.95. The second-order valence-corrected chi connectivity index (χ2v) is 5.18. The maximum absolute atomic E-state index is 12.0. The zero-order valence-corrected chi connectivity index (χ0v) is 10.9. The molecule has 0 radical (unpaired) electrons. The van der Waals surface area contributed by atoms with Gasteiger partial charge in [-0.05, 0) is 44.0 Å². The molecule has 1 aliphatic rings. The first-order valence-electron chi connectivity index (χ1n) is 5.97. The highest BCUT2D eigenvalue weighted by molar-refractivity contribution is 6.03. The second kappa shape index (κ2) is 4.21. The van der Waals surface area contributed by atoms with Crippen LogP contribution in [0.3, 0.4) is 0 Å². The Morgan fingerprint density at radius 2 is 2.00 bits per heavy atom. The molecule has 1 aromatic carbocycles. The number of anilines is 1. The molecule has 0 unspecified atom stereocenters. The van der Waals surface area contributed by atoms with Crippen molar-refractivity contribution in [2.24, 2.45) is 0 Å². The standard InChI is InChI=1S/C14H17NO3/c1-14(2,18)13(17)10-4-6-11-9(8-10)5-7-12(16)15(11)3/h4,6,8,18H,5,7H2,1-3H3. The molecule has 0 spiro atoms. The molecule has 1 amide bonds. The molecule has 18 heavy (non-hydrogen) atoms. The van der Waals surface area contributed by atoms with Crippen molar-refractivity contribution in [3.8, 4) is 0 Å². The first kappa shape index (κ1) is 12.8. The van der Waals surface area contributed by atoms with E-state index in [0.29, 0.717) is 18.4 Å². The Morgan fingerprint density at radius 3 is 2.61 bits per heavy atom. The molecular formula is C14H17NO3. The third kappa shape index (κ3) is 2.16. The van der Waals surface area contributed by atoms with Crippen molar-refractivity contribution in [2.45, 2.75) is 32.3 Å². The van der Waals surface area contributed by atoms with Gasteiger partial charge >= 0.3 is 0 Å². The lowest BCUT2D eigenvalue weighted by molar-refractivity contribution is -0.118. The number of nitrogens with zero attached hydrogens (tertiary/aromatic N) is 1. The van der Waals surface area contributed by atoms with E-state index in [1.807, 2.05) is 0 Å². The minimum absolute atomic E-state index is 0.0871. The topological polar surface area (TPSA) is 57.6 Å². The zero-order chi connectivity index (χ0) is 13.5. The first-order chi connectivity index (χ1) is 8.30. The van der Waals surface area contributed by atoms with E-state index in [1.54, 1.807) is 30.1 Å². The van der Waals surface area contributed by atoms with Gasteiger partial charge in [-0.25, -0.2) is 0 Å². The molecule has 0 atom stereocenters. The zero-order valence-electron chi connectivity index (χ0n) is 10.9. The lowest BCUT2D eigenvalue weighted by Crippen LogP contribution is -2.33. The number of aliphatic hydroxyl groups is 1. The molecule has 0 aliphatic carbocycles. The Kier molecular flexibility index (Phi) is 2.99. The van der Waals surface area contributed by atoms with E-state index < -0.39 is 5.60 Å². The van der Waals surface area contributed by atoms with Crippen LogP contribution in [-0.2, 0) is 11.2 Å². The number of ketones is 1. The van der Waals surface area contributed by atoms with Crippen molar-refractivity contribution in [2.75, 3.05) is 11.9 Å². The molecule has 4 nitrogen and oxygen atoms in total. The Morgan fingerprint density at radius 1 is 1.33 bits per heavy atom. The summed E-state index contributed by atoms with van der Waals surface area (Å²) < 4.78 is 0. The summed E-state index contributed by atoms with van der Waals surface area (Å²) in [5.74, 6) is -0.214. The molecule has 4 heteroatoms. The molecule has 0 saturated carbocycles. The molecule has 2 rings (SSSR count). The quantitative estimate of drug-likeness (QED) is 0.807. The molecule has 0 fully saturated rings. The van der Waals surface area contributed by atoms with Gasteiger partial charge in [-0.1, -0.05) is 0 Å². The number of hydrogen-bond donors (Lipinski definition) is 1. The maximum Gasteiger partial charge on any atom is 0.227 e. The van der Waals surface area contributed by atoms with Crippen LogP contribution in [0.15, 0.2) is 18.2 Å². The van der Waals surface area contributed by atoms with E-state index in [2.05, 4.69) is 0 Å². The van der Waals surface area contributed by atoms with Crippen molar-refractivity contribution in [3.05, 3.63) is 29.3 Å². The summed E-state index contributed by atoms with van der Waals surface area (Å²) in [5, 5.41) is 9.72. The lowest BCUT2D eigenvalue weighted by atomic mass is 9.92. The van der Waals surface area contributed by atoms with Gasteiger partial charge in [0.2, 0.25) is 5.91 Å². The minimum Gasteiger partial charge on any atom is -0.382 e. The number of hydrogen-bond acceptors (Lipinski definition) is 3. The second-order valence-electron chi connectivity index (χ2n) is 5.18. The van der Waals surface area contributed by atoms with Crippen molar-refractivity contribution >= 4 is 17.4 Å². The molecule has 1 aromatic rings. The highest BCUT2D eigenvalue weighted by Crippen LogP contribution is 2.28. The molecular weight excluding hydrogens is 230 g/mol. The predicted octanol–water partition coefficient (Wildman–Crippen LogP) is 1.55. The lowest BCUT2D eigenvalue weighted by Gasteiger charge is -2.26. The predicted molar refractivity (Wildman–Crippen MR) is 68.8 cm³/mol. The molecule has 1 heterocycles. The van der Waals surface area contributed by atoms with Gasteiger partial charge in [0.15, 0.2) is 5.78 Å². The van der Waals surface area contributed by atoms with Crippen LogP contribution >= 0.6 is 0 Å². The number of amides is 1. The summed E-state index contributed by atoms with van der Waals surface area (Å²) in [5.41, 5.74) is 0.944. The van der Waals surface area contributed by atoms with Crippen LogP contribution in [0.2, 0.25) is 0 Å². The van der Waals surface area contributed by atoms with Crippen LogP contribution in [0, 0.1) is 0 Å². The van der Waals surface area contributed by atoms with Gasteiger partial charge in [-0.15, -0.1) is 0 Å². The van der Waals surface area contributed by atoms with E-state index in [9.17, 15) is 14.7 Å². The number of benzene rings is 1. The van der Waals surface area contributed by atoms with Gasteiger partial charge in [0.25, 0.3) is 0 Å². The van der Waals surface area contributed by atoms with Gasteiger partial charge in [0.1, 0.15) is 5.60 Å². The Hall–Kier alpha value is -1.68. The van der Waals surface area contributed by atoms with Gasteiger partial charge < -0.3 is 10.0 Å². The Bertz CT molecular complexity index is 514. The highest BCUT2D eigenvalue weighted by atomic mass is 16.3. The first-order valence-corrected chi connectivity index (χ1v) is 5.97. The van der Waals surface area contributed by atoms with Gasteiger partial charge in [-0.2, -0.15) is 0 Å². The average Bonchev–Trinajstić information content (AvgIpc) is 2.31. The fourth-order valence-electron chi connectivity index (χ4n) is 2.15. The molecule has 0 saturated heterocycles. The maximum atomic E-state index is 12.0. The monoisotopic (exact) mass is 247 g/mol. The van der Waals surface area contributed by atoms with Gasteiger partial charge in [0, 0.05) is 24.7 Å². The van der Waals surface area contributed by atoms with E-state index in [4.69, 9.17) is 0 Å². The summed E-state index contributed by atoms with van der Waals surface area (Å²) in [4.78, 5) is 25.1. The summed E-state index contributed by atoms with van der Waals surface area (Å²) in [7, 11) is 1.73. The van der Waals surface area contributed by atoms with E-state index >= 15 is 0 Å². The normalized spacial score (nSPS) is 15.6. The number of rotatable bonds is 2. The molecule has 0 aromatic heterocycles. The largest absolute Gasteiger partial charge is 0.382 e. The van der Waals surface area contributed by atoms with E-state index in [0.717, 1.165) is 11.3 Å². The van der Waals surface area contributed by atoms with Gasteiger partial charge in [-0.3, -0.25) is 9.59 Å². The number of carbonyl (C=O) groups is 2. The highest BCUT2D eigenvalue weighted by Gasteiger charge is 2.27. The van der Waals surface area contributed by atoms with Crippen LogP contribution in [0.25, 0.3) is 0 Å². The molecule has 1 N–H and O–H groups in total.